The van der Waals surface area contributed by atoms with E-state index in [9.17, 15) is 33.9 Å². The van der Waals surface area contributed by atoms with Crippen LogP contribution in [0.4, 0.5) is 0 Å². The standard InChI is InChI=1S/C36H56N6O7/c1-7-22(5)29(34(46)41-30(23(6)8-2)33(45)39-28(21(3)4)36(48)49)40-32(44)27-17-13-19-42(27)35(47)26(20-24-14-10-9-11-15-24)38-31(43)25-16-12-18-37-25/h9-11,14-15,21-23,25-30,37H,7-8,12-13,16-20H2,1-6H3,(H,38,43)(H,39,45)(H,40,44)(H,41,46)(H,48,49). The van der Waals surface area contributed by atoms with Crippen LogP contribution in [-0.2, 0) is 35.2 Å². The normalized spacial score (nSPS) is 21.2. The van der Waals surface area contributed by atoms with Crippen molar-refractivity contribution in [3.63, 3.8) is 0 Å². The summed E-state index contributed by atoms with van der Waals surface area (Å²) < 4.78 is 0. The van der Waals surface area contributed by atoms with E-state index in [0.29, 0.717) is 38.6 Å². The molecule has 2 fully saturated rings. The number of benzene rings is 1. The smallest absolute Gasteiger partial charge is 0.326 e. The highest BCUT2D eigenvalue weighted by Gasteiger charge is 2.41. The third-order valence-corrected chi connectivity index (χ3v) is 9.93. The number of nitrogens with zero attached hydrogens (tertiary/aromatic N) is 1. The van der Waals surface area contributed by atoms with Crippen LogP contribution in [0, 0.1) is 17.8 Å². The Morgan fingerprint density at radius 1 is 0.796 bits per heavy atom. The Hall–Kier alpha value is -4.00. The van der Waals surface area contributed by atoms with Gasteiger partial charge < -0.3 is 36.6 Å². The van der Waals surface area contributed by atoms with Crippen LogP contribution in [0.3, 0.4) is 0 Å². The molecule has 8 atom stereocenters. The minimum Gasteiger partial charge on any atom is -0.480 e. The van der Waals surface area contributed by atoms with Crippen molar-refractivity contribution in [2.24, 2.45) is 17.8 Å². The van der Waals surface area contributed by atoms with Gasteiger partial charge in [-0.15, -0.1) is 0 Å². The summed E-state index contributed by atoms with van der Waals surface area (Å²) in [6.45, 7) is 11.8. The molecule has 2 heterocycles. The summed E-state index contributed by atoms with van der Waals surface area (Å²) in [4.78, 5) is 81.5. The van der Waals surface area contributed by atoms with E-state index >= 15 is 0 Å². The first-order chi connectivity index (χ1) is 23.3. The lowest BCUT2D eigenvalue weighted by molar-refractivity contribution is -0.144. The SMILES string of the molecule is CCC(C)C(NC(=O)C(NC(=O)C1CCCN1C(=O)C(Cc1ccccc1)NC(=O)C1CCCN1)C(C)CC)C(=O)NC(C(=O)O)C(C)C. The molecule has 272 valence electrons. The lowest BCUT2D eigenvalue weighted by Crippen LogP contribution is -2.61. The van der Waals surface area contributed by atoms with Gasteiger partial charge in [0.15, 0.2) is 0 Å². The van der Waals surface area contributed by atoms with E-state index in [1.165, 1.54) is 4.90 Å². The fourth-order valence-corrected chi connectivity index (χ4v) is 6.39. The number of likely N-dealkylation sites (tertiary alicyclic amines) is 1. The second-order valence-electron chi connectivity index (χ2n) is 13.9. The number of hydrogen-bond acceptors (Lipinski definition) is 7. The average Bonchev–Trinajstić information content (AvgIpc) is 3.80. The second kappa shape index (κ2) is 18.7. The summed E-state index contributed by atoms with van der Waals surface area (Å²) in [6.07, 6.45) is 3.87. The van der Waals surface area contributed by atoms with Crippen molar-refractivity contribution in [3.8, 4) is 0 Å². The van der Waals surface area contributed by atoms with Crippen LogP contribution in [0.1, 0.15) is 85.6 Å². The van der Waals surface area contributed by atoms with Crippen LogP contribution in [0.25, 0.3) is 0 Å². The summed E-state index contributed by atoms with van der Waals surface area (Å²) in [5.74, 6) is -4.44. The zero-order valence-electron chi connectivity index (χ0n) is 29.8. The number of carboxylic acid groups (broad SMARTS) is 1. The maximum Gasteiger partial charge on any atom is 0.326 e. The van der Waals surface area contributed by atoms with Crippen molar-refractivity contribution in [3.05, 3.63) is 35.9 Å². The fraction of sp³-hybridized carbons (Fsp3) is 0.667. The average molecular weight is 685 g/mol. The molecule has 0 spiro atoms. The van der Waals surface area contributed by atoms with E-state index in [0.717, 1.165) is 18.5 Å². The molecule has 2 aliphatic rings. The Labute approximate surface area is 290 Å². The minimum absolute atomic E-state index is 0.247. The molecule has 13 heteroatoms. The molecule has 0 radical (unpaired) electrons. The van der Waals surface area contributed by atoms with E-state index in [1.807, 2.05) is 51.1 Å². The third kappa shape index (κ3) is 10.7. The summed E-state index contributed by atoms with van der Waals surface area (Å²) >= 11 is 0. The minimum atomic E-state index is -1.17. The summed E-state index contributed by atoms with van der Waals surface area (Å²) in [6, 6.07) is 4.13. The van der Waals surface area contributed by atoms with Crippen molar-refractivity contribution in [1.82, 2.24) is 31.5 Å². The number of nitrogens with one attached hydrogen (secondary N) is 5. The van der Waals surface area contributed by atoms with Gasteiger partial charge >= 0.3 is 5.97 Å². The topological polar surface area (TPSA) is 186 Å². The van der Waals surface area contributed by atoms with Gasteiger partial charge in [0.2, 0.25) is 29.5 Å². The molecule has 1 aromatic rings. The van der Waals surface area contributed by atoms with Gasteiger partial charge in [0.25, 0.3) is 0 Å². The Balaban J connectivity index is 1.79. The number of hydrogen-bond donors (Lipinski definition) is 6. The van der Waals surface area contributed by atoms with Gasteiger partial charge in [0.05, 0.1) is 6.04 Å². The Kier molecular flexibility index (Phi) is 15.0. The zero-order valence-corrected chi connectivity index (χ0v) is 29.8. The van der Waals surface area contributed by atoms with Crippen LogP contribution in [0.2, 0.25) is 0 Å². The molecule has 0 aliphatic carbocycles. The molecule has 5 amide bonds. The van der Waals surface area contributed by atoms with E-state index in [2.05, 4.69) is 26.6 Å². The molecule has 8 unspecified atom stereocenters. The number of carbonyl (C=O) groups is 6. The van der Waals surface area contributed by atoms with Crippen molar-refractivity contribution in [1.29, 1.82) is 0 Å². The van der Waals surface area contributed by atoms with E-state index in [-0.39, 0.29) is 42.0 Å². The van der Waals surface area contributed by atoms with E-state index in [4.69, 9.17) is 0 Å². The molecule has 2 saturated heterocycles. The van der Waals surface area contributed by atoms with Crippen molar-refractivity contribution < 1.29 is 33.9 Å². The molecule has 6 N–H and O–H groups in total. The van der Waals surface area contributed by atoms with Crippen molar-refractivity contribution in [2.45, 2.75) is 123 Å². The summed E-state index contributed by atoms with van der Waals surface area (Å²) in [5, 5.41) is 24.0. The molecule has 3 rings (SSSR count). The van der Waals surface area contributed by atoms with Crippen LogP contribution in [-0.4, -0.2) is 94.9 Å². The van der Waals surface area contributed by atoms with Gasteiger partial charge in [-0.3, -0.25) is 24.0 Å². The number of carbonyl (C=O) groups excluding carboxylic acids is 5. The Bertz CT molecular complexity index is 1300. The van der Waals surface area contributed by atoms with Crippen molar-refractivity contribution in [2.75, 3.05) is 13.1 Å². The van der Waals surface area contributed by atoms with Gasteiger partial charge in [-0.2, -0.15) is 0 Å². The Morgan fingerprint density at radius 3 is 1.92 bits per heavy atom. The third-order valence-electron chi connectivity index (χ3n) is 9.93. The molecule has 0 bridgehead atoms. The molecule has 49 heavy (non-hydrogen) atoms. The van der Waals surface area contributed by atoms with Crippen LogP contribution >= 0.6 is 0 Å². The molecule has 2 aliphatic heterocycles. The predicted molar refractivity (Wildman–Crippen MR) is 185 cm³/mol. The van der Waals surface area contributed by atoms with Gasteiger partial charge in [-0.05, 0) is 55.5 Å². The molecule has 0 saturated carbocycles. The highest BCUT2D eigenvalue weighted by molar-refractivity contribution is 5.97. The molecular weight excluding hydrogens is 628 g/mol. The maximum absolute atomic E-state index is 14.1. The second-order valence-corrected chi connectivity index (χ2v) is 13.9. The number of aliphatic carboxylic acids is 1. The first-order valence-electron chi connectivity index (χ1n) is 17.8. The predicted octanol–water partition coefficient (Wildman–Crippen LogP) is 1.74. The van der Waals surface area contributed by atoms with Crippen LogP contribution < -0.4 is 26.6 Å². The van der Waals surface area contributed by atoms with Gasteiger partial charge in [0.1, 0.15) is 30.2 Å². The van der Waals surface area contributed by atoms with Crippen LogP contribution in [0.5, 0.6) is 0 Å². The van der Waals surface area contributed by atoms with E-state index in [1.54, 1.807) is 20.8 Å². The van der Waals surface area contributed by atoms with Crippen LogP contribution in [0.15, 0.2) is 30.3 Å². The number of rotatable bonds is 17. The van der Waals surface area contributed by atoms with Crippen molar-refractivity contribution >= 4 is 35.5 Å². The highest BCUT2D eigenvalue weighted by Crippen LogP contribution is 2.22. The maximum atomic E-state index is 14.1. The first kappa shape index (κ1) is 39.4. The fourth-order valence-electron chi connectivity index (χ4n) is 6.39. The largest absolute Gasteiger partial charge is 0.480 e. The first-order valence-corrected chi connectivity index (χ1v) is 17.8. The van der Waals surface area contributed by atoms with Gasteiger partial charge in [-0.1, -0.05) is 84.7 Å². The van der Waals surface area contributed by atoms with Gasteiger partial charge in [0, 0.05) is 13.0 Å². The molecule has 1 aromatic carbocycles. The summed E-state index contributed by atoms with van der Waals surface area (Å²) in [5.41, 5.74) is 0.872. The summed E-state index contributed by atoms with van der Waals surface area (Å²) in [7, 11) is 0. The highest BCUT2D eigenvalue weighted by atomic mass is 16.4. The quantitative estimate of drug-likeness (QED) is 0.143. The molecule has 0 aromatic heterocycles. The zero-order chi connectivity index (χ0) is 36.2. The van der Waals surface area contributed by atoms with Gasteiger partial charge in [-0.25, -0.2) is 4.79 Å². The lowest BCUT2D eigenvalue weighted by Gasteiger charge is -2.32. The van der Waals surface area contributed by atoms with E-state index < -0.39 is 53.9 Å². The molecular formula is C36H56N6O7. The Morgan fingerprint density at radius 2 is 1.39 bits per heavy atom. The lowest BCUT2D eigenvalue weighted by atomic mass is 9.94. The number of amides is 5. The number of carboxylic acids is 1. The monoisotopic (exact) mass is 684 g/mol. The molecule has 13 nitrogen and oxygen atoms in total.